The van der Waals surface area contributed by atoms with E-state index >= 15 is 0 Å². The number of anilines is 1. The van der Waals surface area contributed by atoms with Gasteiger partial charge in [-0.2, -0.15) is 0 Å². The predicted octanol–water partition coefficient (Wildman–Crippen LogP) is 3.93. The third kappa shape index (κ3) is 4.47. The molecule has 5 rings (SSSR count). The van der Waals surface area contributed by atoms with E-state index < -0.39 is 33.6 Å². The van der Waals surface area contributed by atoms with Crippen molar-refractivity contribution in [1.82, 2.24) is 14.5 Å². The molecule has 0 amide bonds. The van der Waals surface area contributed by atoms with E-state index in [0.717, 1.165) is 6.07 Å². The Kier molecular flexibility index (Phi) is 6.50. The van der Waals surface area contributed by atoms with E-state index in [2.05, 4.69) is 19.6 Å². The van der Waals surface area contributed by atoms with Gasteiger partial charge in [-0.15, -0.1) is 0 Å². The lowest BCUT2D eigenvalue weighted by atomic mass is 9.99. The van der Waals surface area contributed by atoms with E-state index in [1.807, 2.05) is 0 Å². The number of hydrogen-bond donors (Lipinski definition) is 1. The second kappa shape index (κ2) is 9.47. The molecule has 12 heteroatoms. The van der Waals surface area contributed by atoms with Crippen LogP contribution in [0.1, 0.15) is 48.4 Å². The fraction of sp³-hybridized carbons (Fsp3) is 0.458. The van der Waals surface area contributed by atoms with Crippen molar-refractivity contribution < 1.29 is 22.1 Å². The van der Waals surface area contributed by atoms with Crippen molar-refractivity contribution in [2.75, 3.05) is 30.0 Å². The molecule has 0 radical (unpaired) electrons. The summed E-state index contributed by atoms with van der Waals surface area (Å²) in [5.74, 6) is -0.164. The first-order chi connectivity index (χ1) is 17.2. The first kappa shape index (κ1) is 24.7. The molecule has 2 fully saturated rings. The maximum Gasteiger partial charge on any atom is 0.266 e. The molecule has 3 atom stereocenters. The standard InChI is InChI=1S/C24H26F3N5O3S/c1-13(16-4-3-5-17(20(16)25)21(26)27)30-22-19-8-18(24(33)32(2)23(19)29-12-28-22)14-6-7-36(34,11-14)31-15-9-35-10-15/h3-5,8,12-15,21H,6-7,9-11H2,1-2H3,(H,28,29,30)/t13-,14?,36?/m1/s1. The number of aromatic nitrogens is 3. The van der Waals surface area contributed by atoms with Gasteiger partial charge in [-0.25, -0.2) is 31.7 Å². The molecule has 2 saturated heterocycles. The Morgan fingerprint density at radius 3 is 2.69 bits per heavy atom. The summed E-state index contributed by atoms with van der Waals surface area (Å²) in [6.07, 6.45) is -1.08. The molecule has 2 aromatic heterocycles. The van der Waals surface area contributed by atoms with E-state index in [9.17, 15) is 22.2 Å². The number of hydrogen-bond acceptors (Lipinski definition) is 7. The highest BCUT2D eigenvalue weighted by Crippen LogP contribution is 2.33. The molecule has 2 unspecified atom stereocenters. The van der Waals surface area contributed by atoms with Crippen molar-refractivity contribution in [3.8, 4) is 0 Å². The summed E-state index contributed by atoms with van der Waals surface area (Å²) < 4.78 is 65.4. The summed E-state index contributed by atoms with van der Waals surface area (Å²) in [6, 6.07) is 4.83. The maximum atomic E-state index is 14.7. The Morgan fingerprint density at radius 2 is 2.00 bits per heavy atom. The van der Waals surface area contributed by atoms with E-state index in [-0.39, 0.29) is 23.1 Å². The van der Waals surface area contributed by atoms with Gasteiger partial charge in [0.1, 0.15) is 29.7 Å². The van der Waals surface area contributed by atoms with Crippen LogP contribution < -0.4 is 10.9 Å². The Morgan fingerprint density at radius 1 is 1.25 bits per heavy atom. The summed E-state index contributed by atoms with van der Waals surface area (Å²) in [4.78, 5) is 21.7. The molecule has 4 heterocycles. The van der Waals surface area contributed by atoms with Crippen molar-refractivity contribution in [3.63, 3.8) is 0 Å². The van der Waals surface area contributed by atoms with Crippen LogP contribution in [0.25, 0.3) is 11.0 Å². The summed E-state index contributed by atoms with van der Waals surface area (Å²) >= 11 is 0. The SMILES string of the molecule is C[C@@H](Nc1ncnc2c1cc(C1CCS(=O)(=NC3COC3)C1)c(=O)n2C)c1cccc(C(F)F)c1F. The van der Waals surface area contributed by atoms with Crippen molar-refractivity contribution in [1.29, 1.82) is 0 Å². The van der Waals surface area contributed by atoms with Gasteiger partial charge in [-0.1, -0.05) is 18.2 Å². The quantitative estimate of drug-likeness (QED) is 0.528. The molecule has 0 bridgehead atoms. The van der Waals surface area contributed by atoms with Crippen LogP contribution >= 0.6 is 0 Å². The molecule has 0 saturated carbocycles. The molecule has 1 N–H and O–H groups in total. The van der Waals surface area contributed by atoms with Gasteiger partial charge in [0.15, 0.2) is 0 Å². The van der Waals surface area contributed by atoms with Gasteiger partial charge in [-0.05, 0) is 19.4 Å². The molecule has 1 aromatic carbocycles. The number of halogens is 3. The van der Waals surface area contributed by atoms with E-state index in [1.54, 1.807) is 20.0 Å². The van der Waals surface area contributed by atoms with Crippen LogP contribution in [0.15, 0.2) is 39.8 Å². The van der Waals surface area contributed by atoms with Gasteiger partial charge in [0.2, 0.25) is 0 Å². The third-order valence-electron chi connectivity index (χ3n) is 6.79. The maximum absolute atomic E-state index is 14.7. The zero-order valence-corrected chi connectivity index (χ0v) is 20.6. The molecule has 3 aromatic rings. The molecule has 0 spiro atoms. The molecule has 192 valence electrons. The highest BCUT2D eigenvalue weighted by Gasteiger charge is 2.32. The number of rotatable bonds is 6. The number of nitrogens with one attached hydrogen (secondary N) is 1. The van der Waals surface area contributed by atoms with Crippen molar-refractivity contribution >= 4 is 26.6 Å². The average Bonchev–Trinajstić information content (AvgIpc) is 3.20. The zero-order chi connectivity index (χ0) is 25.6. The minimum absolute atomic E-state index is 0.0506. The first-order valence-electron chi connectivity index (χ1n) is 11.6. The van der Waals surface area contributed by atoms with E-state index in [1.165, 1.54) is 23.0 Å². The topological polar surface area (TPSA) is 98.5 Å². The van der Waals surface area contributed by atoms with E-state index in [4.69, 9.17) is 4.74 Å². The van der Waals surface area contributed by atoms with Crippen LogP contribution in [0.5, 0.6) is 0 Å². The summed E-state index contributed by atoms with van der Waals surface area (Å²) in [6.45, 7) is 2.60. The molecule has 0 aliphatic carbocycles. The number of benzene rings is 1. The predicted molar refractivity (Wildman–Crippen MR) is 130 cm³/mol. The van der Waals surface area contributed by atoms with Crippen LogP contribution in [0.3, 0.4) is 0 Å². The number of ether oxygens (including phenoxy) is 1. The molecule has 36 heavy (non-hydrogen) atoms. The lowest BCUT2D eigenvalue weighted by Crippen LogP contribution is -2.33. The normalized spacial score (nSPS) is 23.1. The summed E-state index contributed by atoms with van der Waals surface area (Å²) in [5, 5.41) is 3.61. The molecular formula is C24H26F3N5O3S. The van der Waals surface area contributed by atoms with Gasteiger partial charge in [0, 0.05) is 45.3 Å². The molecule has 8 nitrogen and oxygen atoms in total. The number of nitrogens with zero attached hydrogens (tertiary/aromatic N) is 4. The van der Waals surface area contributed by atoms with Crippen LogP contribution in [-0.2, 0) is 21.5 Å². The van der Waals surface area contributed by atoms with Crippen LogP contribution in [0.2, 0.25) is 0 Å². The van der Waals surface area contributed by atoms with Crippen molar-refractivity contribution in [3.05, 3.63) is 63.5 Å². The van der Waals surface area contributed by atoms with Gasteiger partial charge in [-0.3, -0.25) is 9.36 Å². The monoisotopic (exact) mass is 521 g/mol. The van der Waals surface area contributed by atoms with Gasteiger partial charge < -0.3 is 10.1 Å². The third-order valence-corrected chi connectivity index (χ3v) is 9.27. The first-order valence-corrected chi connectivity index (χ1v) is 13.5. The molecule has 2 aliphatic heterocycles. The van der Waals surface area contributed by atoms with Crippen molar-refractivity contribution in [2.24, 2.45) is 11.4 Å². The van der Waals surface area contributed by atoms with Crippen LogP contribution in [0.4, 0.5) is 19.0 Å². The molecular weight excluding hydrogens is 495 g/mol. The Bertz CT molecular complexity index is 1500. The average molecular weight is 522 g/mol. The van der Waals surface area contributed by atoms with E-state index in [0.29, 0.717) is 53.6 Å². The van der Waals surface area contributed by atoms with Crippen LogP contribution in [0, 0.1) is 5.82 Å². The largest absolute Gasteiger partial charge is 0.377 e. The molecule has 2 aliphatic rings. The second-order valence-corrected chi connectivity index (χ2v) is 11.8. The summed E-state index contributed by atoms with van der Waals surface area (Å²) in [5.41, 5.74) is 0.0252. The second-order valence-electron chi connectivity index (χ2n) is 9.27. The highest BCUT2D eigenvalue weighted by atomic mass is 32.2. The van der Waals surface area contributed by atoms with Gasteiger partial charge >= 0.3 is 0 Å². The number of aryl methyl sites for hydroxylation is 1. The Balaban J connectivity index is 1.51. The number of pyridine rings is 1. The fourth-order valence-corrected chi connectivity index (χ4v) is 7.41. The minimum Gasteiger partial charge on any atom is -0.377 e. The Labute approximate surface area is 206 Å². The lowest BCUT2D eigenvalue weighted by molar-refractivity contribution is 0.0140. The Hall–Kier alpha value is -2.99. The zero-order valence-electron chi connectivity index (χ0n) is 19.8. The van der Waals surface area contributed by atoms with Gasteiger partial charge in [0.05, 0.1) is 30.2 Å². The number of fused-ring (bicyclic) bond motifs is 1. The number of alkyl halides is 2. The smallest absolute Gasteiger partial charge is 0.266 e. The van der Waals surface area contributed by atoms with Crippen molar-refractivity contribution in [2.45, 2.75) is 37.8 Å². The van der Waals surface area contributed by atoms with Crippen LogP contribution in [-0.4, -0.2) is 49.5 Å². The summed E-state index contributed by atoms with van der Waals surface area (Å²) in [7, 11) is -0.828. The fourth-order valence-electron chi connectivity index (χ4n) is 4.76. The lowest BCUT2D eigenvalue weighted by Gasteiger charge is -2.22. The highest BCUT2D eigenvalue weighted by molar-refractivity contribution is 7.93. The van der Waals surface area contributed by atoms with Gasteiger partial charge in [0.25, 0.3) is 12.0 Å². The minimum atomic E-state index is -2.93.